The summed E-state index contributed by atoms with van der Waals surface area (Å²) in [5, 5.41) is 3.11. The second kappa shape index (κ2) is 5.14. The van der Waals surface area contributed by atoms with E-state index in [1.165, 1.54) is 0 Å². The third-order valence-electron chi connectivity index (χ3n) is 2.30. The number of halogens is 1. The van der Waals surface area contributed by atoms with Crippen LogP contribution < -0.4 is 14.8 Å². The molecular formula is C11H12ClNO4. The molecule has 0 bridgehead atoms. The van der Waals surface area contributed by atoms with Gasteiger partial charge in [0.1, 0.15) is 6.61 Å². The van der Waals surface area contributed by atoms with Gasteiger partial charge in [0.2, 0.25) is 0 Å². The summed E-state index contributed by atoms with van der Waals surface area (Å²) in [6.45, 7) is 0.706. The van der Waals surface area contributed by atoms with E-state index in [1.807, 2.05) is 0 Å². The first-order valence-corrected chi connectivity index (χ1v) is 5.47. The Morgan fingerprint density at radius 2 is 2.35 bits per heavy atom. The van der Waals surface area contributed by atoms with Gasteiger partial charge in [-0.2, -0.15) is 0 Å². The second-order valence-electron chi connectivity index (χ2n) is 3.51. The minimum absolute atomic E-state index is 0.259. The van der Waals surface area contributed by atoms with Crippen molar-refractivity contribution in [2.75, 3.05) is 20.3 Å². The molecule has 0 aromatic heterocycles. The van der Waals surface area contributed by atoms with E-state index in [9.17, 15) is 4.79 Å². The lowest BCUT2D eigenvalue weighted by molar-refractivity contribution is 0.103. The Morgan fingerprint density at radius 1 is 1.53 bits per heavy atom. The van der Waals surface area contributed by atoms with Gasteiger partial charge in [0, 0.05) is 11.1 Å². The molecule has 1 unspecified atom stereocenters. The molecular weight excluding hydrogens is 246 g/mol. The standard InChI is InChI=1S/C11H12ClNO4/c1-15-9-3-2-7(12)4-10(9)16-6-8-5-13-11(14)17-8/h2-4,8H,5-6H2,1H3,(H,13,14). The summed E-state index contributed by atoms with van der Waals surface area (Å²) >= 11 is 5.86. The van der Waals surface area contributed by atoms with Crippen molar-refractivity contribution in [1.29, 1.82) is 0 Å². The Bertz CT molecular complexity index is 424. The van der Waals surface area contributed by atoms with Gasteiger partial charge in [-0.15, -0.1) is 0 Å². The van der Waals surface area contributed by atoms with Crippen LogP contribution >= 0.6 is 11.6 Å². The minimum Gasteiger partial charge on any atom is -0.493 e. The quantitative estimate of drug-likeness (QED) is 0.894. The first-order valence-electron chi connectivity index (χ1n) is 5.10. The smallest absolute Gasteiger partial charge is 0.407 e. The molecule has 17 heavy (non-hydrogen) atoms. The highest BCUT2D eigenvalue weighted by molar-refractivity contribution is 6.30. The van der Waals surface area contributed by atoms with Crippen molar-refractivity contribution in [2.45, 2.75) is 6.10 Å². The minimum atomic E-state index is -0.420. The van der Waals surface area contributed by atoms with Crippen molar-refractivity contribution in [3.05, 3.63) is 23.2 Å². The number of hydrogen-bond acceptors (Lipinski definition) is 4. The van der Waals surface area contributed by atoms with Crippen molar-refractivity contribution in [1.82, 2.24) is 5.32 Å². The fourth-order valence-corrected chi connectivity index (χ4v) is 1.63. The first-order chi connectivity index (χ1) is 8.19. The molecule has 1 atom stereocenters. The highest BCUT2D eigenvalue weighted by atomic mass is 35.5. The zero-order valence-electron chi connectivity index (χ0n) is 9.23. The molecule has 1 aliphatic rings. The van der Waals surface area contributed by atoms with Gasteiger partial charge >= 0.3 is 6.09 Å². The van der Waals surface area contributed by atoms with E-state index in [1.54, 1.807) is 25.3 Å². The van der Waals surface area contributed by atoms with Gasteiger partial charge in [0.05, 0.1) is 13.7 Å². The van der Waals surface area contributed by atoms with Gasteiger partial charge in [-0.1, -0.05) is 11.6 Å². The number of alkyl carbamates (subject to hydrolysis) is 1. The number of carbonyl (C=O) groups is 1. The van der Waals surface area contributed by atoms with E-state index in [2.05, 4.69) is 5.32 Å². The maximum atomic E-state index is 10.8. The molecule has 0 radical (unpaired) electrons. The van der Waals surface area contributed by atoms with Gasteiger partial charge in [-0.3, -0.25) is 0 Å². The summed E-state index contributed by atoms with van der Waals surface area (Å²) < 4.78 is 15.6. The molecule has 2 rings (SSSR count). The fraction of sp³-hybridized carbons (Fsp3) is 0.364. The first kappa shape index (κ1) is 11.9. The Balaban J connectivity index is 1.98. The number of rotatable bonds is 4. The number of nitrogens with one attached hydrogen (secondary N) is 1. The maximum Gasteiger partial charge on any atom is 0.407 e. The molecule has 6 heteroatoms. The SMILES string of the molecule is COc1ccc(Cl)cc1OCC1CNC(=O)O1. The van der Waals surface area contributed by atoms with E-state index < -0.39 is 6.09 Å². The van der Waals surface area contributed by atoms with Gasteiger partial charge in [0.25, 0.3) is 0 Å². The van der Waals surface area contributed by atoms with Crippen molar-refractivity contribution in [2.24, 2.45) is 0 Å². The van der Waals surface area contributed by atoms with Crippen LogP contribution in [0.1, 0.15) is 0 Å². The number of carbonyl (C=O) groups excluding carboxylic acids is 1. The Kier molecular flexibility index (Phi) is 3.58. The molecule has 1 fully saturated rings. The van der Waals surface area contributed by atoms with E-state index in [-0.39, 0.29) is 12.7 Å². The third kappa shape index (κ3) is 2.94. The van der Waals surface area contributed by atoms with Crippen LogP contribution in [0.3, 0.4) is 0 Å². The number of hydrogen-bond donors (Lipinski definition) is 1. The van der Waals surface area contributed by atoms with Crippen LogP contribution in [0, 0.1) is 0 Å². The average Bonchev–Trinajstić information content (AvgIpc) is 2.73. The molecule has 1 saturated heterocycles. The number of methoxy groups -OCH3 is 1. The molecule has 1 aromatic rings. The molecule has 1 aromatic carbocycles. The lowest BCUT2D eigenvalue weighted by atomic mass is 10.3. The predicted octanol–water partition coefficient (Wildman–Crippen LogP) is 1.84. The summed E-state index contributed by atoms with van der Waals surface area (Å²) in [5.74, 6) is 1.12. The number of ether oxygens (including phenoxy) is 3. The summed E-state index contributed by atoms with van der Waals surface area (Å²) in [6, 6.07) is 5.09. The van der Waals surface area contributed by atoms with Crippen molar-refractivity contribution >= 4 is 17.7 Å². The van der Waals surface area contributed by atoms with Crippen molar-refractivity contribution in [3.8, 4) is 11.5 Å². The normalized spacial score (nSPS) is 18.5. The molecule has 1 amide bonds. The lowest BCUT2D eigenvalue weighted by Crippen LogP contribution is -2.22. The summed E-state index contributed by atoms with van der Waals surface area (Å²) in [4.78, 5) is 10.8. The predicted molar refractivity (Wildman–Crippen MR) is 61.8 cm³/mol. The van der Waals surface area contributed by atoms with Crippen LogP contribution in [0.5, 0.6) is 11.5 Å². The average molecular weight is 258 g/mol. The molecule has 0 spiro atoms. The summed E-state index contributed by atoms with van der Waals surface area (Å²) in [5.41, 5.74) is 0. The summed E-state index contributed by atoms with van der Waals surface area (Å²) in [7, 11) is 1.55. The number of cyclic esters (lactones) is 1. The summed E-state index contributed by atoms with van der Waals surface area (Å²) in [6.07, 6.45) is -0.706. The highest BCUT2D eigenvalue weighted by Crippen LogP contribution is 2.30. The second-order valence-corrected chi connectivity index (χ2v) is 3.95. The monoisotopic (exact) mass is 257 g/mol. The number of benzene rings is 1. The zero-order chi connectivity index (χ0) is 12.3. The van der Waals surface area contributed by atoms with Crippen LogP contribution in [0.4, 0.5) is 4.79 Å². The Morgan fingerprint density at radius 3 is 3.00 bits per heavy atom. The van der Waals surface area contributed by atoms with Gasteiger partial charge in [-0.25, -0.2) is 4.79 Å². The van der Waals surface area contributed by atoms with Crippen molar-refractivity contribution < 1.29 is 19.0 Å². The van der Waals surface area contributed by atoms with Gasteiger partial charge in [-0.05, 0) is 12.1 Å². The molecule has 92 valence electrons. The molecule has 1 heterocycles. The van der Waals surface area contributed by atoms with E-state index in [0.29, 0.717) is 23.1 Å². The molecule has 0 saturated carbocycles. The molecule has 0 aliphatic carbocycles. The van der Waals surface area contributed by atoms with Crippen LogP contribution in [0.2, 0.25) is 5.02 Å². The molecule has 1 N–H and O–H groups in total. The fourth-order valence-electron chi connectivity index (χ4n) is 1.47. The maximum absolute atomic E-state index is 10.8. The third-order valence-corrected chi connectivity index (χ3v) is 2.53. The number of amides is 1. The van der Waals surface area contributed by atoms with Crippen LogP contribution in [0.15, 0.2) is 18.2 Å². The zero-order valence-corrected chi connectivity index (χ0v) is 9.99. The Labute approximate surface area is 104 Å². The lowest BCUT2D eigenvalue weighted by Gasteiger charge is -2.13. The largest absolute Gasteiger partial charge is 0.493 e. The topological polar surface area (TPSA) is 56.8 Å². The van der Waals surface area contributed by atoms with E-state index in [0.717, 1.165) is 0 Å². The van der Waals surface area contributed by atoms with Crippen molar-refractivity contribution in [3.63, 3.8) is 0 Å². The van der Waals surface area contributed by atoms with Crippen LogP contribution in [-0.2, 0) is 4.74 Å². The highest BCUT2D eigenvalue weighted by Gasteiger charge is 2.23. The van der Waals surface area contributed by atoms with E-state index >= 15 is 0 Å². The Hall–Kier alpha value is -1.62. The van der Waals surface area contributed by atoms with Crippen LogP contribution in [-0.4, -0.2) is 32.5 Å². The van der Waals surface area contributed by atoms with Gasteiger partial charge < -0.3 is 19.5 Å². The van der Waals surface area contributed by atoms with Crippen LogP contribution in [0.25, 0.3) is 0 Å². The molecule has 1 aliphatic heterocycles. The van der Waals surface area contributed by atoms with Gasteiger partial charge in [0.15, 0.2) is 17.6 Å². The van der Waals surface area contributed by atoms with E-state index in [4.69, 9.17) is 25.8 Å². The molecule has 5 nitrogen and oxygen atoms in total.